The summed E-state index contributed by atoms with van der Waals surface area (Å²) in [5.41, 5.74) is 0.807. The molecule has 2 rings (SSSR count). The Morgan fingerprint density at radius 1 is 1.47 bits per heavy atom. The zero-order valence-corrected chi connectivity index (χ0v) is 13.0. The molecule has 1 aromatic carbocycles. The molecule has 0 bridgehead atoms. The zero-order chi connectivity index (χ0) is 14.0. The van der Waals surface area contributed by atoms with Crippen LogP contribution in [0.4, 0.5) is 0 Å². The Balaban J connectivity index is 2.02. The van der Waals surface area contributed by atoms with Gasteiger partial charge in [-0.15, -0.1) is 0 Å². The van der Waals surface area contributed by atoms with Crippen LogP contribution in [0.25, 0.3) is 0 Å². The Labute approximate surface area is 122 Å². The number of nitrogens with one attached hydrogen (secondary N) is 1. The molecule has 1 aliphatic carbocycles. The number of benzene rings is 1. The van der Waals surface area contributed by atoms with Crippen LogP contribution in [0, 0.1) is 5.41 Å². The largest absolute Gasteiger partial charge is 0.507 e. The first-order valence-corrected chi connectivity index (χ1v) is 7.46. The third kappa shape index (κ3) is 3.72. The summed E-state index contributed by atoms with van der Waals surface area (Å²) in [6.45, 7) is 4.49. The van der Waals surface area contributed by atoms with Crippen molar-refractivity contribution in [2.75, 3.05) is 0 Å². The molecule has 2 N–H and O–H groups in total. The van der Waals surface area contributed by atoms with Crippen molar-refractivity contribution in [1.82, 2.24) is 5.32 Å². The number of hydrogen-bond acceptors (Lipinski definition) is 2. The molecule has 1 unspecified atom stereocenters. The third-order valence-electron chi connectivity index (χ3n) is 3.75. The second kappa shape index (κ2) is 5.53. The number of amides is 1. The number of hydrogen-bond donors (Lipinski definition) is 2. The summed E-state index contributed by atoms with van der Waals surface area (Å²) in [5, 5.41) is 12.7. The maximum absolute atomic E-state index is 12.1. The second-order valence-corrected chi connectivity index (χ2v) is 6.95. The lowest BCUT2D eigenvalue weighted by Crippen LogP contribution is -2.40. The third-order valence-corrected chi connectivity index (χ3v) is 4.42. The van der Waals surface area contributed by atoms with Gasteiger partial charge in [-0.3, -0.25) is 4.79 Å². The molecule has 0 heterocycles. The molecule has 1 atom stereocenters. The van der Waals surface area contributed by atoms with E-state index in [1.54, 1.807) is 12.1 Å². The summed E-state index contributed by atoms with van der Waals surface area (Å²) in [6.07, 6.45) is 4.43. The minimum Gasteiger partial charge on any atom is -0.507 e. The quantitative estimate of drug-likeness (QED) is 0.867. The van der Waals surface area contributed by atoms with Gasteiger partial charge >= 0.3 is 0 Å². The van der Waals surface area contributed by atoms with E-state index in [2.05, 4.69) is 35.1 Å². The van der Waals surface area contributed by atoms with E-state index >= 15 is 0 Å². The Kier molecular flexibility index (Phi) is 4.19. The van der Waals surface area contributed by atoms with E-state index < -0.39 is 0 Å². The van der Waals surface area contributed by atoms with Gasteiger partial charge in [0.2, 0.25) is 0 Å². The van der Waals surface area contributed by atoms with Crippen LogP contribution in [0.1, 0.15) is 49.9 Å². The summed E-state index contributed by atoms with van der Waals surface area (Å²) in [5.74, 6) is -0.0119. The number of phenolic OH excluding ortho intramolecular Hbond substituents is 1. The molecule has 0 aromatic heterocycles. The van der Waals surface area contributed by atoms with Crippen LogP contribution < -0.4 is 5.32 Å². The summed E-state index contributed by atoms with van der Waals surface area (Å²) in [6, 6.07) is 5.14. The smallest absolute Gasteiger partial charge is 0.251 e. The molecule has 4 heteroatoms. The number of aromatic hydroxyl groups is 1. The second-order valence-electron chi connectivity index (χ2n) is 6.10. The van der Waals surface area contributed by atoms with Gasteiger partial charge in [0.15, 0.2) is 0 Å². The monoisotopic (exact) mass is 325 g/mol. The molecular formula is C15H20BrNO2. The number of halogens is 1. The average Bonchev–Trinajstić information content (AvgIpc) is 2.31. The maximum atomic E-state index is 12.1. The fourth-order valence-corrected chi connectivity index (χ4v) is 2.99. The highest BCUT2D eigenvalue weighted by molar-refractivity contribution is 9.10. The molecule has 0 spiro atoms. The van der Waals surface area contributed by atoms with E-state index in [0.717, 1.165) is 19.3 Å². The van der Waals surface area contributed by atoms with Crippen LogP contribution in [0.2, 0.25) is 0 Å². The van der Waals surface area contributed by atoms with Crippen LogP contribution in [-0.2, 0) is 0 Å². The van der Waals surface area contributed by atoms with E-state index in [4.69, 9.17) is 0 Å². The first-order chi connectivity index (χ1) is 8.87. The van der Waals surface area contributed by atoms with E-state index in [1.165, 1.54) is 12.5 Å². The highest BCUT2D eigenvalue weighted by atomic mass is 79.9. The van der Waals surface area contributed by atoms with Crippen molar-refractivity contribution in [3.05, 3.63) is 28.2 Å². The Bertz CT molecular complexity index is 485. The van der Waals surface area contributed by atoms with Crippen LogP contribution >= 0.6 is 15.9 Å². The average molecular weight is 326 g/mol. The van der Waals surface area contributed by atoms with Crippen LogP contribution in [0.5, 0.6) is 5.75 Å². The molecule has 1 fully saturated rings. The van der Waals surface area contributed by atoms with E-state index in [-0.39, 0.29) is 17.7 Å². The van der Waals surface area contributed by atoms with Crippen molar-refractivity contribution in [1.29, 1.82) is 0 Å². The summed E-state index contributed by atoms with van der Waals surface area (Å²) >= 11 is 3.21. The van der Waals surface area contributed by atoms with Gasteiger partial charge in [0, 0.05) is 11.6 Å². The fraction of sp³-hybridized carbons (Fsp3) is 0.533. The molecule has 1 aliphatic rings. The molecule has 0 aliphatic heterocycles. The summed E-state index contributed by atoms with van der Waals surface area (Å²) in [7, 11) is 0. The van der Waals surface area contributed by atoms with E-state index in [0.29, 0.717) is 15.5 Å². The van der Waals surface area contributed by atoms with Crippen molar-refractivity contribution in [3.63, 3.8) is 0 Å². The Hall–Kier alpha value is -1.03. The molecule has 1 amide bonds. The first-order valence-electron chi connectivity index (χ1n) is 6.67. The van der Waals surface area contributed by atoms with Gasteiger partial charge in [0.1, 0.15) is 5.75 Å². The van der Waals surface area contributed by atoms with Crippen molar-refractivity contribution in [3.8, 4) is 5.75 Å². The lowest BCUT2D eigenvalue weighted by Gasteiger charge is -2.35. The van der Waals surface area contributed by atoms with Crippen molar-refractivity contribution < 1.29 is 9.90 Å². The Morgan fingerprint density at radius 3 is 2.84 bits per heavy atom. The van der Waals surface area contributed by atoms with Crippen molar-refractivity contribution in [2.24, 2.45) is 5.41 Å². The predicted octanol–water partition coefficient (Wildman–Crippen LogP) is 3.85. The number of phenols is 1. The lowest BCUT2D eigenvalue weighted by molar-refractivity contribution is 0.0902. The summed E-state index contributed by atoms with van der Waals surface area (Å²) in [4.78, 5) is 12.1. The summed E-state index contributed by atoms with van der Waals surface area (Å²) < 4.78 is 0.600. The standard InChI is InChI=1S/C15H20BrNO2/c1-15(2)7-3-4-11(9-15)17-14(19)10-5-6-12(16)13(18)8-10/h5-6,8,11,18H,3-4,7,9H2,1-2H3,(H,17,19). The fourth-order valence-electron chi connectivity index (χ4n) is 2.74. The van der Waals surface area contributed by atoms with Gasteiger partial charge in [0.05, 0.1) is 4.47 Å². The molecule has 1 saturated carbocycles. The maximum Gasteiger partial charge on any atom is 0.251 e. The van der Waals surface area contributed by atoms with Crippen LogP contribution in [-0.4, -0.2) is 17.1 Å². The first kappa shape index (κ1) is 14.4. The highest BCUT2D eigenvalue weighted by Crippen LogP contribution is 2.35. The molecule has 1 aromatic rings. The molecule has 104 valence electrons. The predicted molar refractivity (Wildman–Crippen MR) is 79.3 cm³/mol. The number of rotatable bonds is 2. The molecule has 3 nitrogen and oxygen atoms in total. The van der Waals surface area contributed by atoms with Gasteiger partial charge < -0.3 is 10.4 Å². The number of carbonyl (C=O) groups excluding carboxylic acids is 1. The van der Waals surface area contributed by atoms with Gasteiger partial charge in [-0.25, -0.2) is 0 Å². The molecular weight excluding hydrogens is 306 g/mol. The van der Waals surface area contributed by atoms with Gasteiger partial charge in [-0.2, -0.15) is 0 Å². The van der Waals surface area contributed by atoms with E-state index in [1.807, 2.05) is 0 Å². The van der Waals surface area contributed by atoms with Gasteiger partial charge in [0.25, 0.3) is 5.91 Å². The van der Waals surface area contributed by atoms with E-state index in [9.17, 15) is 9.90 Å². The van der Waals surface area contributed by atoms with Crippen LogP contribution in [0.3, 0.4) is 0 Å². The topological polar surface area (TPSA) is 49.3 Å². The van der Waals surface area contributed by atoms with Gasteiger partial charge in [-0.1, -0.05) is 20.3 Å². The van der Waals surface area contributed by atoms with Gasteiger partial charge in [-0.05, 0) is 58.8 Å². The van der Waals surface area contributed by atoms with Crippen LogP contribution in [0.15, 0.2) is 22.7 Å². The molecule has 0 saturated heterocycles. The molecule has 0 radical (unpaired) electrons. The van der Waals surface area contributed by atoms with Crippen molar-refractivity contribution >= 4 is 21.8 Å². The highest BCUT2D eigenvalue weighted by Gasteiger charge is 2.28. The molecule has 19 heavy (non-hydrogen) atoms. The van der Waals surface area contributed by atoms with Crippen molar-refractivity contribution in [2.45, 2.75) is 45.6 Å². The minimum atomic E-state index is -0.106. The SMILES string of the molecule is CC1(C)CCCC(NC(=O)c2ccc(Br)c(O)c2)C1. The zero-order valence-electron chi connectivity index (χ0n) is 11.4. The minimum absolute atomic E-state index is 0.0941. The lowest BCUT2D eigenvalue weighted by atomic mass is 9.75. The Morgan fingerprint density at radius 2 is 2.21 bits per heavy atom. The normalized spacial score (nSPS) is 21.9. The number of carbonyl (C=O) groups is 1.